The Balaban J connectivity index is 1.42. The molecule has 2 heterocycles. The number of nitrogens with zero attached hydrogens (tertiary/aromatic N) is 1. The number of benzene rings is 2. The zero-order valence-electron chi connectivity index (χ0n) is 14.1. The first kappa shape index (κ1) is 15.9. The summed E-state index contributed by atoms with van der Waals surface area (Å²) in [5, 5.41) is 1.74. The highest BCUT2D eigenvalue weighted by atomic mass is 16.7. The second kappa shape index (κ2) is 6.72. The van der Waals surface area contributed by atoms with Crippen molar-refractivity contribution < 1.29 is 14.4 Å². The predicted molar refractivity (Wildman–Crippen MR) is 93.3 cm³/mol. The smallest absolute Gasteiger partial charge is 0.326 e. The molecule has 0 amide bonds. The van der Waals surface area contributed by atoms with Crippen LogP contribution in [0.1, 0.15) is 22.3 Å². The molecule has 4 heteroatoms. The van der Waals surface area contributed by atoms with E-state index in [1.54, 1.807) is 5.06 Å². The highest BCUT2D eigenvalue weighted by Gasteiger charge is 2.47. The molecule has 0 bridgehead atoms. The van der Waals surface area contributed by atoms with Gasteiger partial charge in [-0.1, -0.05) is 41.7 Å². The summed E-state index contributed by atoms with van der Waals surface area (Å²) in [4.78, 5) is 17.4. The lowest BCUT2D eigenvalue weighted by molar-refractivity contribution is -0.170. The van der Waals surface area contributed by atoms with Crippen LogP contribution in [-0.4, -0.2) is 30.3 Å². The monoisotopic (exact) mass is 333 g/mol. The molecule has 2 saturated heterocycles. The Morgan fingerprint density at radius 3 is 2.32 bits per heavy atom. The third-order valence-electron chi connectivity index (χ3n) is 4.59. The van der Waals surface area contributed by atoms with Gasteiger partial charge in [0.2, 0.25) is 0 Å². The molecule has 4 nitrogen and oxygen atoms in total. The molecule has 2 atom stereocenters. The number of ether oxygens (including phenoxy) is 1. The molecular weight excluding hydrogens is 314 g/mol. The van der Waals surface area contributed by atoms with Gasteiger partial charge in [0, 0.05) is 17.0 Å². The minimum Gasteiger partial charge on any atom is -0.464 e. The van der Waals surface area contributed by atoms with Crippen LogP contribution >= 0.6 is 0 Å². The van der Waals surface area contributed by atoms with Crippen LogP contribution in [-0.2, 0) is 20.9 Å². The van der Waals surface area contributed by atoms with Crippen molar-refractivity contribution in [3.8, 4) is 11.8 Å². The number of carbonyl (C=O) groups is 1. The first-order valence-corrected chi connectivity index (χ1v) is 8.43. The quantitative estimate of drug-likeness (QED) is 0.626. The summed E-state index contributed by atoms with van der Waals surface area (Å²) >= 11 is 0. The van der Waals surface area contributed by atoms with Gasteiger partial charge in [0.1, 0.15) is 6.04 Å². The zero-order chi connectivity index (χ0) is 17.2. The maximum absolute atomic E-state index is 11.8. The van der Waals surface area contributed by atoms with Crippen LogP contribution in [0.4, 0.5) is 0 Å². The van der Waals surface area contributed by atoms with Crippen molar-refractivity contribution in [2.45, 2.75) is 19.5 Å². The molecule has 2 aliphatic rings. The molecule has 0 spiro atoms. The highest BCUT2D eigenvalue weighted by Crippen LogP contribution is 2.29. The molecule has 2 aromatic carbocycles. The fraction of sp³-hybridized carbons (Fsp3) is 0.286. The molecule has 0 saturated carbocycles. The Morgan fingerprint density at radius 2 is 1.64 bits per heavy atom. The summed E-state index contributed by atoms with van der Waals surface area (Å²) in [5.74, 6) is 6.33. The summed E-state index contributed by atoms with van der Waals surface area (Å²) < 4.78 is 5.11. The highest BCUT2D eigenvalue weighted by molar-refractivity contribution is 5.78. The van der Waals surface area contributed by atoms with Gasteiger partial charge in [-0.2, -0.15) is 5.06 Å². The van der Waals surface area contributed by atoms with Crippen molar-refractivity contribution in [2.24, 2.45) is 5.92 Å². The largest absolute Gasteiger partial charge is 0.464 e. The predicted octanol–water partition coefficient (Wildman–Crippen LogP) is 2.68. The number of fused-ring (bicyclic) bond motifs is 1. The number of rotatable bonds is 2. The van der Waals surface area contributed by atoms with Crippen LogP contribution < -0.4 is 0 Å². The van der Waals surface area contributed by atoms with Crippen molar-refractivity contribution in [3.63, 3.8) is 0 Å². The minimum absolute atomic E-state index is 0.159. The first-order chi connectivity index (χ1) is 12.2. The average molecular weight is 333 g/mol. The number of hydroxylamine groups is 2. The maximum atomic E-state index is 11.8. The van der Waals surface area contributed by atoms with E-state index in [0.29, 0.717) is 19.8 Å². The van der Waals surface area contributed by atoms with E-state index in [-0.39, 0.29) is 17.9 Å². The molecule has 2 aromatic rings. The third-order valence-corrected chi connectivity index (χ3v) is 4.59. The van der Waals surface area contributed by atoms with Crippen LogP contribution in [0.5, 0.6) is 0 Å². The van der Waals surface area contributed by atoms with Gasteiger partial charge in [0.05, 0.1) is 19.8 Å². The standard InChI is InChI=1S/C21H19NO3/c1-15-2-4-16(5-3-15)6-7-17-8-10-18(11-9-17)12-22-20-19(14-25-22)13-24-21(20)23/h2-5,8-11,19-20H,12-14H2,1H3. The van der Waals surface area contributed by atoms with E-state index in [1.165, 1.54) is 5.56 Å². The molecule has 0 aliphatic carbocycles. The maximum Gasteiger partial charge on any atom is 0.326 e. The second-order valence-corrected chi connectivity index (χ2v) is 6.52. The van der Waals surface area contributed by atoms with E-state index < -0.39 is 0 Å². The van der Waals surface area contributed by atoms with E-state index in [4.69, 9.17) is 9.57 Å². The molecule has 0 N–H and O–H groups in total. The summed E-state index contributed by atoms with van der Waals surface area (Å²) in [6, 6.07) is 16.0. The van der Waals surface area contributed by atoms with E-state index >= 15 is 0 Å². The molecular formula is C21H19NO3. The van der Waals surface area contributed by atoms with Crippen LogP contribution in [0.3, 0.4) is 0 Å². The molecule has 2 fully saturated rings. The van der Waals surface area contributed by atoms with Crippen LogP contribution in [0.15, 0.2) is 48.5 Å². The number of carbonyl (C=O) groups excluding carboxylic acids is 1. The van der Waals surface area contributed by atoms with Gasteiger partial charge in [-0.05, 0) is 36.8 Å². The first-order valence-electron chi connectivity index (χ1n) is 8.43. The lowest BCUT2D eigenvalue weighted by atomic mass is 10.1. The second-order valence-electron chi connectivity index (χ2n) is 6.52. The Hall–Kier alpha value is -2.61. The molecule has 2 unspecified atom stereocenters. The zero-order valence-corrected chi connectivity index (χ0v) is 14.1. The van der Waals surface area contributed by atoms with Gasteiger partial charge in [-0.3, -0.25) is 9.63 Å². The summed E-state index contributed by atoms with van der Waals surface area (Å²) in [7, 11) is 0. The van der Waals surface area contributed by atoms with Gasteiger partial charge >= 0.3 is 5.97 Å². The number of cyclic esters (lactones) is 1. The normalized spacial score (nSPS) is 22.2. The van der Waals surface area contributed by atoms with Crippen molar-refractivity contribution in [1.82, 2.24) is 5.06 Å². The van der Waals surface area contributed by atoms with Crippen molar-refractivity contribution in [3.05, 3.63) is 70.8 Å². The van der Waals surface area contributed by atoms with Gasteiger partial charge in [-0.15, -0.1) is 0 Å². The Labute approximate surface area is 147 Å². The van der Waals surface area contributed by atoms with E-state index in [9.17, 15) is 4.79 Å². The fourth-order valence-electron chi connectivity index (χ4n) is 3.12. The molecule has 126 valence electrons. The van der Waals surface area contributed by atoms with Gasteiger partial charge < -0.3 is 4.74 Å². The summed E-state index contributed by atoms with van der Waals surface area (Å²) in [5.41, 5.74) is 4.28. The van der Waals surface area contributed by atoms with E-state index in [2.05, 4.69) is 30.9 Å². The Bertz CT molecular complexity index is 830. The average Bonchev–Trinajstić information content (AvgIpc) is 3.19. The number of hydrogen-bond acceptors (Lipinski definition) is 4. The Morgan fingerprint density at radius 1 is 1.00 bits per heavy atom. The molecule has 0 aromatic heterocycles. The van der Waals surface area contributed by atoms with E-state index in [0.717, 1.165) is 16.7 Å². The number of esters is 1. The van der Waals surface area contributed by atoms with Crippen molar-refractivity contribution >= 4 is 5.97 Å². The van der Waals surface area contributed by atoms with Crippen molar-refractivity contribution in [1.29, 1.82) is 0 Å². The summed E-state index contributed by atoms with van der Waals surface area (Å²) in [6.45, 7) is 3.65. The number of aryl methyl sites for hydroxylation is 1. The van der Waals surface area contributed by atoms with E-state index in [1.807, 2.05) is 36.4 Å². The lowest BCUT2D eigenvalue weighted by Gasteiger charge is -2.18. The molecule has 2 aliphatic heterocycles. The fourth-order valence-corrected chi connectivity index (χ4v) is 3.12. The van der Waals surface area contributed by atoms with Crippen LogP contribution in [0.2, 0.25) is 0 Å². The molecule has 4 rings (SSSR count). The summed E-state index contributed by atoms with van der Waals surface area (Å²) in [6.07, 6.45) is 0. The van der Waals surface area contributed by atoms with Crippen LogP contribution in [0.25, 0.3) is 0 Å². The Kier molecular flexibility index (Phi) is 4.27. The number of hydrogen-bond donors (Lipinski definition) is 0. The van der Waals surface area contributed by atoms with Crippen molar-refractivity contribution in [2.75, 3.05) is 13.2 Å². The third kappa shape index (κ3) is 3.43. The lowest BCUT2D eigenvalue weighted by Crippen LogP contribution is -2.34. The molecule has 0 radical (unpaired) electrons. The van der Waals surface area contributed by atoms with Gasteiger partial charge in [0.25, 0.3) is 0 Å². The SMILES string of the molecule is Cc1ccc(C#Cc2ccc(CN3OCC4COC(=O)C43)cc2)cc1. The molecule has 25 heavy (non-hydrogen) atoms. The minimum atomic E-state index is -0.263. The van der Waals surface area contributed by atoms with Gasteiger partial charge in [0.15, 0.2) is 0 Å². The topological polar surface area (TPSA) is 38.8 Å². The van der Waals surface area contributed by atoms with Crippen LogP contribution in [0, 0.1) is 24.7 Å². The van der Waals surface area contributed by atoms with Gasteiger partial charge in [-0.25, -0.2) is 0 Å².